The van der Waals surface area contributed by atoms with Crippen molar-refractivity contribution in [1.29, 1.82) is 0 Å². The maximum absolute atomic E-state index is 13.9. The molecule has 0 aromatic heterocycles. The van der Waals surface area contributed by atoms with E-state index in [2.05, 4.69) is 10.6 Å². The number of ether oxygens (including phenoxy) is 1. The Morgan fingerprint density at radius 1 is 1.03 bits per heavy atom. The summed E-state index contributed by atoms with van der Waals surface area (Å²) in [6, 6.07) is 7.63. The van der Waals surface area contributed by atoms with E-state index in [4.69, 9.17) is 4.74 Å². The van der Waals surface area contributed by atoms with Crippen molar-refractivity contribution in [3.63, 3.8) is 0 Å². The second-order valence-corrected chi connectivity index (χ2v) is 9.76. The molecule has 0 bridgehead atoms. The molecule has 1 heterocycles. The molecule has 0 radical (unpaired) electrons. The van der Waals surface area contributed by atoms with E-state index in [0.717, 1.165) is 18.2 Å². The van der Waals surface area contributed by atoms with Crippen LogP contribution in [0.4, 0.5) is 14.5 Å². The lowest BCUT2D eigenvalue weighted by Gasteiger charge is -2.26. The summed E-state index contributed by atoms with van der Waals surface area (Å²) in [5.74, 6) is -4.24. The van der Waals surface area contributed by atoms with Gasteiger partial charge >= 0.3 is 0 Å². The van der Waals surface area contributed by atoms with Crippen LogP contribution in [0.5, 0.6) is 0 Å². The molecule has 0 spiro atoms. The molecule has 2 amide bonds. The maximum atomic E-state index is 13.9. The number of morpholine rings is 1. The number of hydrogen-bond acceptors (Lipinski definition) is 5. The molecule has 1 unspecified atom stereocenters. The highest BCUT2D eigenvalue weighted by molar-refractivity contribution is 7.89. The SMILES string of the molecule is CC(C)C(NC(=O)c1c(F)cccc1F)C(=O)Nc1cccc(S(=O)(=O)N2CCOCC2)c1. The number of carbonyl (C=O) groups excluding carboxylic acids is 2. The summed E-state index contributed by atoms with van der Waals surface area (Å²) in [6.45, 7) is 4.37. The van der Waals surface area contributed by atoms with Crippen molar-refractivity contribution < 1.29 is 31.5 Å². The number of nitrogens with one attached hydrogen (secondary N) is 2. The first kappa shape index (κ1) is 24.7. The van der Waals surface area contributed by atoms with Gasteiger partial charge in [0, 0.05) is 18.8 Å². The van der Waals surface area contributed by atoms with Gasteiger partial charge in [-0.2, -0.15) is 4.31 Å². The molecule has 33 heavy (non-hydrogen) atoms. The second-order valence-electron chi connectivity index (χ2n) is 7.83. The first-order valence-electron chi connectivity index (χ1n) is 10.3. The lowest BCUT2D eigenvalue weighted by Crippen LogP contribution is -2.47. The van der Waals surface area contributed by atoms with Gasteiger partial charge in [-0.3, -0.25) is 9.59 Å². The third-order valence-electron chi connectivity index (χ3n) is 5.13. The number of anilines is 1. The van der Waals surface area contributed by atoms with Gasteiger partial charge in [0.15, 0.2) is 0 Å². The van der Waals surface area contributed by atoms with Crippen LogP contribution in [0.25, 0.3) is 0 Å². The zero-order valence-electron chi connectivity index (χ0n) is 18.2. The Hall–Kier alpha value is -2.89. The number of carbonyl (C=O) groups is 2. The first-order valence-corrected chi connectivity index (χ1v) is 11.8. The third kappa shape index (κ3) is 5.73. The van der Waals surface area contributed by atoms with Crippen molar-refractivity contribution in [3.8, 4) is 0 Å². The fraction of sp³-hybridized carbons (Fsp3) is 0.364. The number of sulfonamides is 1. The van der Waals surface area contributed by atoms with Crippen LogP contribution >= 0.6 is 0 Å². The zero-order chi connectivity index (χ0) is 24.2. The smallest absolute Gasteiger partial charge is 0.257 e. The topological polar surface area (TPSA) is 105 Å². The molecule has 8 nitrogen and oxygen atoms in total. The van der Waals surface area contributed by atoms with Gasteiger partial charge in [0.05, 0.1) is 18.1 Å². The largest absolute Gasteiger partial charge is 0.379 e. The molecule has 178 valence electrons. The standard InChI is InChI=1S/C22H25F2N3O5S/c1-14(2)20(26-21(28)19-17(23)7-4-8-18(19)24)22(29)25-15-5-3-6-16(13-15)33(30,31)27-9-11-32-12-10-27/h3-8,13-14,20H,9-12H2,1-2H3,(H,25,29)(H,26,28). The average Bonchev–Trinajstić information content (AvgIpc) is 2.78. The number of halogens is 2. The highest BCUT2D eigenvalue weighted by atomic mass is 32.2. The summed E-state index contributed by atoms with van der Waals surface area (Å²) < 4.78 is 60.1. The Labute approximate surface area is 191 Å². The lowest BCUT2D eigenvalue weighted by molar-refractivity contribution is -0.118. The summed E-state index contributed by atoms with van der Waals surface area (Å²) in [5, 5.41) is 4.94. The Kier molecular flexibility index (Phi) is 7.77. The fourth-order valence-electron chi connectivity index (χ4n) is 3.35. The number of hydrogen-bond donors (Lipinski definition) is 2. The van der Waals surface area contributed by atoms with Crippen molar-refractivity contribution in [2.24, 2.45) is 5.92 Å². The van der Waals surface area contributed by atoms with Crippen LogP contribution in [0, 0.1) is 17.6 Å². The Morgan fingerprint density at radius 3 is 2.24 bits per heavy atom. The van der Waals surface area contributed by atoms with Gasteiger partial charge < -0.3 is 15.4 Å². The molecule has 3 rings (SSSR count). The minimum Gasteiger partial charge on any atom is -0.379 e. The van der Waals surface area contributed by atoms with Crippen LogP contribution in [0.1, 0.15) is 24.2 Å². The van der Waals surface area contributed by atoms with Crippen LogP contribution in [-0.4, -0.2) is 56.9 Å². The van der Waals surface area contributed by atoms with Gasteiger partial charge in [-0.1, -0.05) is 26.0 Å². The van der Waals surface area contributed by atoms with Gasteiger partial charge in [0.1, 0.15) is 23.2 Å². The van der Waals surface area contributed by atoms with Crippen LogP contribution in [0.15, 0.2) is 47.4 Å². The Bertz CT molecular complexity index is 1110. The van der Waals surface area contributed by atoms with E-state index in [0.29, 0.717) is 13.2 Å². The molecule has 1 saturated heterocycles. The average molecular weight is 482 g/mol. The maximum Gasteiger partial charge on any atom is 0.257 e. The van der Waals surface area contributed by atoms with Gasteiger partial charge in [-0.05, 0) is 36.2 Å². The van der Waals surface area contributed by atoms with Gasteiger partial charge in [0.2, 0.25) is 15.9 Å². The lowest BCUT2D eigenvalue weighted by atomic mass is 10.0. The van der Waals surface area contributed by atoms with Crippen molar-refractivity contribution in [2.45, 2.75) is 24.8 Å². The van der Waals surface area contributed by atoms with E-state index < -0.39 is 51.0 Å². The van der Waals surface area contributed by atoms with E-state index in [1.807, 2.05) is 0 Å². The van der Waals surface area contributed by atoms with E-state index in [-0.39, 0.29) is 23.7 Å². The number of rotatable bonds is 7. The first-order chi connectivity index (χ1) is 15.6. The monoisotopic (exact) mass is 481 g/mol. The summed E-state index contributed by atoms with van der Waals surface area (Å²) in [5.41, 5.74) is -0.583. The molecule has 1 fully saturated rings. The van der Waals surface area contributed by atoms with Crippen LogP contribution in [0.3, 0.4) is 0 Å². The van der Waals surface area contributed by atoms with Crippen molar-refractivity contribution in [3.05, 3.63) is 59.7 Å². The number of nitrogens with zero attached hydrogens (tertiary/aromatic N) is 1. The summed E-state index contributed by atoms with van der Waals surface area (Å²) in [6.07, 6.45) is 0. The van der Waals surface area contributed by atoms with Gasteiger partial charge in [-0.25, -0.2) is 17.2 Å². The normalized spacial score (nSPS) is 15.8. The zero-order valence-corrected chi connectivity index (χ0v) is 19.0. The molecule has 0 aliphatic carbocycles. The highest BCUT2D eigenvalue weighted by Crippen LogP contribution is 2.21. The van der Waals surface area contributed by atoms with Crippen molar-refractivity contribution >= 4 is 27.5 Å². The van der Waals surface area contributed by atoms with Crippen LogP contribution < -0.4 is 10.6 Å². The van der Waals surface area contributed by atoms with Crippen LogP contribution in [0.2, 0.25) is 0 Å². The van der Waals surface area contributed by atoms with Crippen molar-refractivity contribution in [2.75, 3.05) is 31.6 Å². The molecule has 2 aromatic carbocycles. The van der Waals surface area contributed by atoms with Gasteiger partial charge in [0.25, 0.3) is 5.91 Å². The minimum atomic E-state index is -3.77. The molecule has 2 N–H and O–H groups in total. The summed E-state index contributed by atoms with van der Waals surface area (Å²) in [4.78, 5) is 25.3. The summed E-state index contributed by atoms with van der Waals surface area (Å²) in [7, 11) is -3.77. The molecule has 1 atom stereocenters. The molecular weight excluding hydrogens is 456 g/mol. The summed E-state index contributed by atoms with van der Waals surface area (Å²) >= 11 is 0. The minimum absolute atomic E-state index is 0.000704. The number of benzene rings is 2. The van der Waals surface area contributed by atoms with E-state index in [1.165, 1.54) is 28.6 Å². The molecular formula is C22H25F2N3O5S. The quantitative estimate of drug-likeness (QED) is 0.632. The Balaban J connectivity index is 1.77. The fourth-order valence-corrected chi connectivity index (χ4v) is 4.81. The van der Waals surface area contributed by atoms with Gasteiger partial charge in [-0.15, -0.1) is 0 Å². The third-order valence-corrected chi connectivity index (χ3v) is 7.03. The van der Waals surface area contributed by atoms with Crippen molar-refractivity contribution in [1.82, 2.24) is 9.62 Å². The second kappa shape index (κ2) is 10.4. The molecule has 2 aromatic rings. The molecule has 0 saturated carbocycles. The van der Waals surface area contributed by atoms with E-state index in [1.54, 1.807) is 13.8 Å². The van der Waals surface area contributed by atoms with E-state index in [9.17, 15) is 26.8 Å². The molecule has 11 heteroatoms. The highest BCUT2D eigenvalue weighted by Gasteiger charge is 2.29. The Morgan fingerprint density at radius 2 is 1.64 bits per heavy atom. The van der Waals surface area contributed by atoms with E-state index >= 15 is 0 Å². The molecule has 1 aliphatic rings. The predicted octanol–water partition coefficient (Wildman–Crippen LogP) is 2.38. The predicted molar refractivity (Wildman–Crippen MR) is 117 cm³/mol. The molecule has 1 aliphatic heterocycles. The van der Waals surface area contributed by atoms with Crippen LogP contribution in [-0.2, 0) is 19.6 Å². The number of amides is 2.